The molecule has 1 saturated heterocycles. The molecule has 2 heterocycles. The van der Waals surface area contributed by atoms with Crippen LogP contribution in [0.3, 0.4) is 0 Å². The van der Waals surface area contributed by atoms with Gasteiger partial charge in [0.05, 0.1) is 11.4 Å². The van der Waals surface area contributed by atoms with Gasteiger partial charge < -0.3 is 5.32 Å². The Morgan fingerprint density at radius 3 is 3.14 bits per heavy atom. The van der Waals surface area contributed by atoms with Crippen LogP contribution < -0.4 is 5.32 Å². The lowest BCUT2D eigenvalue weighted by atomic mass is 10.2. The van der Waals surface area contributed by atoms with E-state index >= 15 is 0 Å². The van der Waals surface area contributed by atoms with Crippen molar-refractivity contribution in [1.29, 1.82) is 0 Å². The van der Waals surface area contributed by atoms with E-state index < -0.39 is 0 Å². The molecule has 1 unspecified atom stereocenters. The second kappa shape index (κ2) is 4.36. The molecule has 2 rings (SSSR count). The first-order valence-electron chi connectivity index (χ1n) is 5.06. The SMILES string of the molecule is Cc1cc(CNC2CCSC2)n(C)n1. The van der Waals surface area contributed by atoms with Crippen molar-refractivity contribution in [2.45, 2.75) is 25.9 Å². The summed E-state index contributed by atoms with van der Waals surface area (Å²) in [6.45, 7) is 2.98. The summed E-state index contributed by atoms with van der Waals surface area (Å²) < 4.78 is 1.96. The number of hydrogen-bond donors (Lipinski definition) is 1. The molecule has 0 spiro atoms. The van der Waals surface area contributed by atoms with Crippen molar-refractivity contribution in [1.82, 2.24) is 15.1 Å². The van der Waals surface area contributed by atoms with E-state index in [9.17, 15) is 0 Å². The monoisotopic (exact) mass is 211 g/mol. The quantitative estimate of drug-likeness (QED) is 0.818. The molecule has 78 valence electrons. The standard InChI is InChI=1S/C10H17N3S/c1-8-5-10(13(2)12-8)6-11-9-3-4-14-7-9/h5,9,11H,3-4,6-7H2,1-2H3. The highest BCUT2D eigenvalue weighted by Crippen LogP contribution is 2.17. The van der Waals surface area contributed by atoms with Crippen LogP contribution >= 0.6 is 11.8 Å². The Balaban J connectivity index is 1.87. The van der Waals surface area contributed by atoms with Crippen LogP contribution in [-0.2, 0) is 13.6 Å². The number of rotatable bonds is 3. The fraction of sp³-hybridized carbons (Fsp3) is 0.700. The minimum absolute atomic E-state index is 0.704. The van der Waals surface area contributed by atoms with Gasteiger partial charge in [-0.1, -0.05) is 0 Å². The lowest BCUT2D eigenvalue weighted by Gasteiger charge is -2.10. The molecule has 1 aliphatic rings. The minimum Gasteiger partial charge on any atom is -0.308 e. The number of nitrogens with zero attached hydrogens (tertiary/aromatic N) is 2. The van der Waals surface area contributed by atoms with Gasteiger partial charge in [0.25, 0.3) is 0 Å². The maximum absolute atomic E-state index is 4.33. The Morgan fingerprint density at radius 1 is 1.71 bits per heavy atom. The third-order valence-corrected chi connectivity index (χ3v) is 3.76. The molecule has 0 aromatic carbocycles. The van der Waals surface area contributed by atoms with Crippen LogP contribution in [0.15, 0.2) is 6.07 Å². The molecule has 1 atom stereocenters. The third-order valence-electron chi connectivity index (χ3n) is 2.60. The average Bonchev–Trinajstić information content (AvgIpc) is 2.72. The molecular formula is C10H17N3S. The molecule has 0 bridgehead atoms. The largest absolute Gasteiger partial charge is 0.308 e. The Hall–Kier alpha value is -0.480. The second-order valence-corrected chi connectivity index (χ2v) is 4.99. The molecule has 1 aromatic rings. The van der Waals surface area contributed by atoms with E-state index in [1.54, 1.807) is 0 Å². The van der Waals surface area contributed by atoms with Gasteiger partial charge in [-0.25, -0.2) is 0 Å². The molecule has 0 amide bonds. The fourth-order valence-electron chi connectivity index (χ4n) is 1.77. The van der Waals surface area contributed by atoms with Gasteiger partial charge >= 0.3 is 0 Å². The van der Waals surface area contributed by atoms with E-state index in [1.807, 2.05) is 30.4 Å². The van der Waals surface area contributed by atoms with Gasteiger partial charge in [-0.15, -0.1) is 0 Å². The highest BCUT2D eigenvalue weighted by Gasteiger charge is 2.14. The van der Waals surface area contributed by atoms with Gasteiger partial charge in [0.1, 0.15) is 0 Å². The molecule has 1 aliphatic heterocycles. The van der Waals surface area contributed by atoms with Crippen molar-refractivity contribution >= 4 is 11.8 Å². The van der Waals surface area contributed by atoms with E-state index in [1.165, 1.54) is 23.6 Å². The normalized spacial score (nSPS) is 21.7. The van der Waals surface area contributed by atoms with Gasteiger partial charge in [0, 0.05) is 25.4 Å². The van der Waals surface area contributed by atoms with Crippen LogP contribution in [0.4, 0.5) is 0 Å². The van der Waals surface area contributed by atoms with Gasteiger partial charge in [-0.2, -0.15) is 16.9 Å². The van der Waals surface area contributed by atoms with Crippen LogP contribution in [0.1, 0.15) is 17.8 Å². The minimum atomic E-state index is 0.704. The number of nitrogens with one attached hydrogen (secondary N) is 1. The first kappa shape index (κ1) is 10.1. The smallest absolute Gasteiger partial charge is 0.0597 e. The Kier molecular flexibility index (Phi) is 3.13. The summed E-state index contributed by atoms with van der Waals surface area (Å²) in [5.41, 5.74) is 2.38. The zero-order chi connectivity index (χ0) is 9.97. The Bertz CT molecular complexity index is 302. The molecule has 1 fully saturated rings. The molecule has 1 N–H and O–H groups in total. The average molecular weight is 211 g/mol. The molecule has 0 aliphatic carbocycles. The number of aryl methyl sites for hydroxylation is 2. The molecule has 4 heteroatoms. The van der Waals surface area contributed by atoms with Crippen molar-refractivity contribution in [3.63, 3.8) is 0 Å². The van der Waals surface area contributed by atoms with E-state index in [4.69, 9.17) is 0 Å². The van der Waals surface area contributed by atoms with Crippen LogP contribution in [-0.4, -0.2) is 27.3 Å². The maximum Gasteiger partial charge on any atom is 0.0597 e. The second-order valence-electron chi connectivity index (χ2n) is 3.84. The van der Waals surface area contributed by atoms with E-state index in [0.717, 1.165) is 12.2 Å². The molecule has 14 heavy (non-hydrogen) atoms. The summed E-state index contributed by atoms with van der Waals surface area (Å²) in [6, 6.07) is 2.85. The third kappa shape index (κ3) is 2.30. The van der Waals surface area contributed by atoms with E-state index in [0.29, 0.717) is 6.04 Å². The first-order chi connectivity index (χ1) is 6.75. The van der Waals surface area contributed by atoms with Crippen LogP contribution in [0.25, 0.3) is 0 Å². The predicted octanol–water partition coefficient (Wildman–Crippen LogP) is 1.32. The summed E-state index contributed by atoms with van der Waals surface area (Å²) in [6.07, 6.45) is 1.31. The zero-order valence-corrected chi connectivity index (χ0v) is 9.60. The summed E-state index contributed by atoms with van der Waals surface area (Å²) in [5.74, 6) is 2.57. The number of aromatic nitrogens is 2. The van der Waals surface area contributed by atoms with Crippen molar-refractivity contribution in [2.24, 2.45) is 7.05 Å². The van der Waals surface area contributed by atoms with Crippen LogP contribution in [0.5, 0.6) is 0 Å². The lowest BCUT2D eigenvalue weighted by molar-refractivity contribution is 0.536. The van der Waals surface area contributed by atoms with Crippen molar-refractivity contribution in [3.05, 3.63) is 17.5 Å². The zero-order valence-electron chi connectivity index (χ0n) is 8.79. The summed E-state index contributed by atoms with van der Waals surface area (Å²) in [7, 11) is 2.01. The number of thioether (sulfide) groups is 1. The highest BCUT2D eigenvalue weighted by atomic mass is 32.2. The highest BCUT2D eigenvalue weighted by molar-refractivity contribution is 7.99. The van der Waals surface area contributed by atoms with E-state index in [-0.39, 0.29) is 0 Å². The molecule has 3 nitrogen and oxygen atoms in total. The van der Waals surface area contributed by atoms with Gasteiger partial charge in [0.15, 0.2) is 0 Å². The summed E-state index contributed by atoms with van der Waals surface area (Å²) >= 11 is 2.04. The fourth-order valence-corrected chi connectivity index (χ4v) is 2.96. The van der Waals surface area contributed by atoms with Gasteiger partial charge in [-0.05, 0) is 25.2 Å². The van der Waals surface area contributed by atoms with Gasteiger partial charge in [-0.3, -0.25) is 4.68 Å². The van der Waals surface area contributed by atoms with Crippen molar-refractivity contribution in [2.75, 3.05) is 11.5 Å². The molecular weight excluding hydrogens is 194 g/mol. The van der Waals surface area contributed by atoms with Gasteiger partial charge in [0.2, 0.25) is 0 Å². The summed E-state index contributed by atoms with van der Waals surface area (Å²) in [5, 5.41) is 7.90. The van der Waals surface area contributed by atoms with Crippen molar-refractivity contribution < 1.29 is 0 Å². The lowest BCUT2D eigenvalue weighted by Crippen LogP contribution is -2.28. The number of hydrogen-bond acceptors (Lipinski definition) is 3. The molecule has 1 aromatic heterocycles. The van der Waals surface area contributed by atoms with Crippen LogP contribution in [0, 0.1) is 6.92 Å². The molecule has 0 saturated carbocycles. The predicted molar refractivity (Wildman–Crippen MR) is 60.5 cm³/mol. The van der Waals surface area contributed by atoms with Crippen molar-refractivity contribution in [3.8, 4) is 0 Å². The van der Waals surface area contributed by atoms with Crippen LogP contribution in [0.2, 0.25) is 0 Å². The Morgan fingerprint density at radius 2 is 2.57 bits per heavy atom. The maximum atomic E-state index is 4.33. The summed E-state index contributed by atoms with van der Waals surface area (Å²) in [4.78, 5) is 0. The molecule has 0 radical (unpaired) electrons. The Labute approximate surface area is 89.3 Å². The van der Waals surface area contributed by atoms with E-state index in [2.05, 4.69) is 16.5 Å². The topological polar surface area (TPSA) is 29.9 Å². The first-order valence-corrected chi connectivity index (χ1v) is 6.22.